The lowest BCUT2D eigenvalue weighted by atomic mass is 9.85. The minimum atomic E-state index is -1.78. The lowest BCUT2D eigenvalue weighted by molar-refractivity contribution is -0.335. The number of aliphatic hydroxyl groups excluding tert-OH is 5. The normalized spacial score (nSPS) is 19.3. The van der Waals surface area contributed by atoms with Gasteiger partial charge >= 0.3 is 11.9 Å². The van der Waals surface area contributed by atoms with Gasteiger partial charge in [-0.15, -0.1) is 0 Å². The van der Waals surface area contributed by atoms with Gasteiger partial charge in [0.2, 0.25) is 29.5 Å². The van der Waals surface area contributed by atoms with E-state index in [4.69, 9.17) is 57.8 Å². The number of ketones is 4. The van der Waals surface area contributed by atoms with Crippen LogP contribution in [0, 0.1) is 5.92 Å². The standard InChI is InChI=1S/C79H108N6O29/c1-45(2)106-42-65-73(101)77(108-44-70(98)85-28-26-83-67(95)10-8-12-72(100)112-61-21-16-50(36-63(61)105-6)34-56(91)37-53(88)31-47-13-18-58(92)51(29-47)39-86)75(103)78(114-65)109-41-64-57(17-22-68(96)81-24-23-80)76(74(102)79(113-64)110-46(3)4)107-43-69(97)84-27-25-82-66(94)9-7-11-71(99)111-60-20-15-48(30-52(60)40-87)32-54(89)38-55(90)33-49-14-19-59(93)62(35-49)104-5/h13-16,18-21,29-30,35-36,45-46,57,64-65,73-79,86-87,92-93,101-103H,7-12,17,22-28,31-34,37-44,80H2,1-6H3,(H,81,96)(H,82,94)(H,83,95)(H,84,97)(H,85,98)/t57-,64-,65-,73-,74-,75-,76+,77+,78+,79+/m1/s1. The number of phenols is 2. The van der Waals surface area contributed by atoms with Crippen molar-refractivity contribution in [1.82, 2.24) is 26.6 Å². The highest BCUT2D eigenvalue weighted by Gasteiger charge is 2.50. The number of esters is 2. The van der Waals surface area contributed by atoms with Gasteiger partial charge in [-0.2, -0.15) is 0 Å². The molecule has 0 aromatic heterocycles. The number of phenolic OH excluding ortho intramolecular Hbond substituents is 1. The van der Waals surface area contributed by atoms with Crippen LogP contribution in [0.1, 0.15) is 125 Å². The summed E-state index contributed by atoms with van der Waals surface area (Å²) in [7, 11) is 2.72. The fourth-order valence-corrected chi connectivity index (χ4v) is 12.3. The van der Waals surface area contributed by atoms with Gasteiger partial charge in [0, 0.05) is 114 Å². The van der Waals surface area contributed by atoms with Gasteiger partial charge in [-0.05, 0) is 118 Å². The number of rotatable bonds is 51. The number of nitrogens with one attached hydrogen (secondary N) is 5. The summed E-state index contributed by atoms with van der Waals surface area (Å²) in [4.78, 5) is 142. The number of nitrogens with two attached hydrogens (primary N) is 1. The first kappa shape index (κ1) is 93.4. The average Bonchev–Trinajstić information content (AvgIpc) is 0.795. The largest absolute Gasteiger partial charge is 0.508 e. The van der Waals surface area contributed by atoms with Crippen LogP contribution >= 0.6 is 0 Å². The molecule has 0 unspecified atom stereocenters. The first-order valence-corrected chi connectivity index (χ1v) is 37.7. The number of hydrogen-bond donors (Lipinski definition) is 13. The van der Waals surface area contributed by atoms with Crippen LogP contribution in [-0.4, -0.2) is 248 Å². The molecule has 10 atom stereocenters. The number of aliphatic hydroxyl groups is 5. The van der Waals surface area contributed by atoms with Gasteiger partial charge in [0.15, 0.2) is 35.6 Å². The van der Waals surface area contributed by atoms with Gasteiger partial charge in [0.25, 0.3) is 0 Å². The molecule has 0 radical (unpaired) electrons. The van der Waals surface area contributed by atoms with Crippen molar-refractivity contribution in [3.63, 3.8) is 0 Å². The van der Waals surface area contributed by atoms with Gasteiger partial charge in [-0.3, -0.25) is 52.7 Å². The molecule has 2 aliphatic heterocycles. The zero-order valence-electron chi connectivity index (χ0n) is 64.9. The van der Waals surface area contributed by atoms with Crippen molar-refractivity contribution in [2.45, 2.75) is 198 Å². The summed E-state index contributed by atoms with van der Waals surface area (Å²) in [6, 6.07) is 17.8. The average molecular weight is 1610 g/mol. The molecule has 628 valence electrons. The Kier molecular flexibility index (Phi) is 39.9. The summed E-state index contributed by atoms with van der Waals surface area (Å²) in [5.74, 6) is -6.21. The van der Waals surface area contributed by atoms with Crippen LogP contribution in [0.25, 0.3) is 0 Å². The molecular formula is C79H108N6O29. The molecule has 0 aliphatic carbocycles. The van der Waals surface area contributed by atoms with E-state index in [1.807, 2.05) is 0 Å². The maximum absolute atomic E-state index is 13.4. The lowest BCUT2D eigenvalue weighted by Crippen LogP contribution is -2.62. The maximum atomic E-state index is 13.4. The Labute approximate surface area is 659 Å². The molecule has 35 nitrogen and oxygen atoms in total. The van der Waals surface area contributed by atoms with E-state index in [0.717, 1.165) is 0 Å². The van der Waals surface area contributed by atoms with E-state index in [2.05, 4.69) is 26.6 Å². The van der Waals surface area contributed by atoms with Crippen LogP contribution in [0.5, 0.6) is 34.5 Å². The van der Waals surface area contributed by atoms with Crippen LogP contribution in [0.3, 0.4) is 0 Å². The smallest absolute Gasteiger partial charge is 0.311 e. The number of carbonyl (C=O) groups excluding carboxylic acids is 11. The molecule has 0 bridgehead atoms. The SMILES string of the molecule is COc1cc(CC(=O)CC(=O)Cc2ccc(OC(=O)CCCC(=O)NCCNC(=O)CO[C@@H]3[C@@H](O)[C@@H](OC(C)C)O[C@H](CO[C@H]4O[C@H](COC(C)C)[C@@H](O)[C@H](OCC(=O)NCCNC(=O)CCCC(=O)Oc5ccc(CC(=O)CC(=O)Cc6ccc(O)c(CO)c6)cc5OC)[C@H]4O)[C@H]3CCC(=O)NCCN)c(CO)c2)ccc1O. The summed E-state index contributed by atoms with van der Waals surface area (Å²) >= 11 is 0. The summed E-state index contributed by atoms with van der Waals surface area (Å²) < 4.78 is 63.7. The third-order valence-corrected chi connectivity index (χ3v) is 17.9. The summed E-state index contributed by atoms with van der Waals surface area (Å²) in [5.41, 5.74) is 8.16. The van der Waals surface area contributed by atoms with Gasteiger partial charge in [0.1, 0.15) is 78.4 Å². The molecule has 2 aliphatic rings. The van der Waals surface area contributed by atoms with Gasteiger partial charge in [0.05, 0.1) is 77.9 Å². The van der Waals surface area contributed by atoms with Crippen LogP contribution in [0.15, 0.2) is 72.8 Å². The first-order chi connectivity index (χ1) is 54.5. The number of Topliss-reactive ketones (excluding diaryl/α,β-unsaturated/α-hetero) is 4. The lowest BCUT2D eigenvalue weighted by Gasteiger charge is -2.46. The predicted octanol–water partition coefficient (Wildman–Crippen LogP) is 0.684. The molecule has 4 aromatic carbocycles. The van der Waals surface area contributed by atoms with Gasteiger partial charge in [-0.25, -0.2) is 0 Å². The Morgan fingerprint density at radius 1 is 0.456 bits per heavy atom. The van der Waals surface area contributed by atoms with E-state index in [1.54, 1.807) is 39.8 Å². The van der Waals surface area contributed by atoms with Crippen molar-refractivity contribution in [2.75, 3.05) is 79.9 Å². The highest BCUT2D eigenvalue weighted by atomic mass is 16.7. The number of ether oxygens (including phenoxy) is 11. The molecular weight excluding hydrogens is 1500 g/mol. The Morgan fingerprint density at radius 2 is 0.904 bits per heavy atom. The van der Waals surface area contributed by atoms with Crippen molar-refractivity contribution >= 4 is 64.6 Å². The van der Waals surface area contributed by atoms with Crippen LogP contribution < -0.4 is 51.3 Å². The fraction of sp³-hybridized carbons (Fsp3) is 0.557. The fourth-order valence-electron chi connectivity index (χ4n) is 12.3. The quantitative estimate of drug-likeness (QED) is 0.0125. The van der Waals surface area contributed by atoms with E-state index >= 15 is 0 Å². The zero-order chi connectivity index (χ0) is 83.4. The van der Waals surface area contributed by atoms with Gasteiger partial charge in [-0.1, -0.05) is 24.3 Å². The topological polar surface area (TPSA) is 517 Å². The first-order valence-electron chi connectivity index (χ1n) is 37.7. The molecule has 2 saturated heterocycles. The van der Waals surface area contributed by atoms with E-state index in [0.29, 0.717) is 22.3 Å². The molecule has 4 aromatic rings. The van der Waals surface area contributed by atoms with E-state index in [1.165, 1.54) is 74.9 Å². The second-order valence-electron chi connectivity index (χ2n) is 27.8. The van der Waals surface area contributed by atoms with E-state index in [9.17, 15) is 88.5 Å². The van der Waals surface area contributed by atoms with Crippen molar-refractivity contribution < 1.29 is 141 Å². The Balaban J connectivity index is 0.937. The molecule has 0 spiro atoms. The number of amides is 5. The number of aromatic hydroxyl groups is 2. The minimum Gasteiger partial charge on any atom is -0.508 e. The summed E-state index contributed by atoms with van der Waals surface area (Å²) in [6.07, 6.45) is -15.6. The number of methoxy groups -OCH3 is 2. The Morgan fingerprint density at radius 3 is 1.42 bits per heavy atom. The zero-order valence-corrected chi connectivity index (χ0v) is 64.9. The van der Waals surface area contributed by atoms with E-state index < -0.39 is 142 Å². The Bertz CT molecular complexity index is 3860. The van der Waals surface area contributed by atoms with Gasteiger partial charge < -0.3 is 120 Å². The molecule has 14 N–H and O–H groups in total. The van der Waals surface area contributed by atoms with Crippen LogP contribution in [-0.2, 0) is 125 Å². The molecule has 6 rings (SSSR count). The molecule has 35 heteroatoms. The molecule has 5 amide bonds. The second-order valence-corrected chi connectivity index (χ2v) is 27.8. The molecule has 0 saturated carbocycles. The summed E-state index contributed by atoms with van der Waals surface area (Å²) in [6.45, 7) is 3.93. The maximum Gasteiger partial charge on any atom is 0.311 e. The number of hydrogen-bond acceptors (Lipinski definition) is 30. The van der Waals surface area contributed by atoms with Crippen molar-refractivity contribution in [3.8, 4) is 34.5 Å². The van der Waals surface area contributed by atoms with Crippen molar-refractivity contribution in [2.24, 2.45) is 11.7 Å². The minimum absolute atomic E-state index is 0.0320. The van der Waals surface area contributed by atoms with E-state index in [-0.39, 0.29) is 211 Å². The second kappa shape index (κ2) is 48.7. The highest BCUT2D eigenvalue weighted by Crippen LogP contribution is 2.36. The molecule has 2 heterocycles. The van der Waals surface area contributed by atoms with Crippen LogP contribution in [0.4, 0.5) is 0 Å². The van der Waals surface area contributed by atoms with Crippen molar-refractivity contribution in [3.05, 3.63) is 106 Å². The third-order valence-electron chi connectivity index (χ3n) is 17.9. The Hall–Kier alpha value is -9.47. The highest BCUT2D eigenvalue weighted by molar-refractivity contribution is 6.01. The molecule has 114 heavy (non-hydrogen) atoms. The number of carbonyl (C=O) groups is 11. The van der Waals surface area contributed by atoms with Crippen LogP contribution in [0.2, 0.25) is 0 Å². The predicted molar refractivity (Wildman–Crippen MR) is 402 cm³/mol. The van der Waals surface area contributed by atoms with Crippen molar-refractivity contribution in [1.29, 1.82) is 0 Å². The third kappa shape index (κ3) is 32.1. The monoisotopic (exact) mass is 1600 g/mol. The summed E-state index contributed by atoms with van der Waals surface area (Å²) in [5, 5.41) is 87.3. The molecule has 2 fully saturated rings. The number of benzene rings is 4.